The highest BCUT2D eigenvalue weighted by Gasteiger charge is 2.12. The van der Waals surface area contributed by atoms with Crippen molar-refractivity contribution in [3.63, 3.8) is 0 Å². The summed E-state index contributed by atoms with van der Waals surface area (Å²) in [5.74, 6) is 1.27. The number of ether oxygens (including phenoxy) is 1. The summed E-state index contributed by atoms with van der Waals surface area (Å²) in [6.07, 6.45) is 2.00. The van der Waals surface area contributed by atoms with Crippen LogP contribution in [0, 0.1) is 5.92 Å². The molecule has 27 heavy (non-hydrogen) atoms. The number of nitrogens with zero attached hydrogens (tertiary/aromatic N) is 1. The average molecular weight is 377 g/mol. The van der Waals surface area contributed by atoms with Crippen LogP contribution in [0.4, 0.5) is 0 Å². The first kappa shape index (κ1) is 23.0. The number of amides is 1. The maximum atomic E-state index is 12.0. The molecular weight excluding hydrogens is 340 g/mol. The molecule has 0 saturated carbocycles. The number of nitrogens with one attached hydrogen (secondary N) is 3. The number of carbonyl (C=O) groups excluding carboxylic acids is 1. The highest BCUT2D eigenvalue weighted by atomic mass is 16.5. The summed E-state index contributed by atoms with van der Waals surface area (Å²) in [7, 11) is 0. The third-order valence-electron chi connectivity index (χ3n) is 4.12. The summed E-state index contributed by atoms with van der Waals surface area (Å²) < 4.78 is 5.78. The molecule has 0 aliphatic carbocycles. The van der Waals surface area contributed by atoms with E-state index in [9.17, 15) is 4.79 Å². The predicted molar refractivity (Wildman–Crippen MR) is 112 cm³/mol. The first-order chi connectivity index (χ1) is 13.1. The standard InChI is InChI=1S/C21H36N4O2/c1-5-22-21(25-16-13-19(17(3)4)27-6-2)24-15-10-14-23-20(26)18-11-8-7-9-12-18/h7-9,11-12,17,19H,5-6,10,13-16H2,1-4H3,(H,23,26)(H2,22,24,25). The predicted octanol–water partition coefficient (Wildman–Crippen LogP) is 2.81. The van der Waals surface area contributed by atoms with Crippen molar-refractivity contribution < 1.29 is 9.53 Å². The Kier molecular flexibility index (Phi) is 11.9. The van der Waals surface area contributed by atoms with Gasteiger partial charge in [0.25, 0.3) is 5.91 Å². The minimum atomic E-state index is -0.0414. The molecular formula is C21H36N4O2. The second kappa shape index (κ2) is 14.0. The Morgan fingerprint density at radius 2 is 1.81 bits per heavy atom. The molecule has 1 amide bonds. The van der Waals surface area contributed by atoms with Gasteiger partial charge in [-0.05, 0) is 44.7 Å². The Balaban J connectivity index is 2.31. The number of guanidine groups is 1. The van der Waals surface area contributed by atoms with E-state index in [0.717, 1.165) is 38.5 Å². The number of hydrogen-bond acceptors (Lipinski definition) is 3. The Bertz CT molecular complexity index is 546. The molecule has 0 fully saturated rings. The first-order valence-electron chi connectivity index (χ1n) is 10.1. The maximum absolute atomic E-state index is 12.0. The minimum absolute atomic E-state index is 0.0414. The van der Waals surface area contributed by atoms with E-state index in [-0.39, 0.29) is 12.0 Å². The Morgan fingerprint density at radius 1 is 1.07 bits per heavy atom. The molecule has 1 unspecified atom stereocenters. The molecule has 0 saturated heterocycles. The second-order valence-corrected chi connectivity index (χ2v) is 6.69. The van der Waals surface area contributed by atoms with Crippen molar-refractivity contribution in [1.82, 2.24) is 16.0 Å². The van der Waals surface area contributed by atoms with Crippen LogP contribution < -0.4 is 16.0 Å². The van der Waals surface area contributed by atoms with Crippen molar-refractivity contribution in [2.75, 3.05) is 32.8 Å². The zero-order chi connectivity index (χ0) is 19.9. The fourth-order valence-electron chi connectivity index (χ4n) is 2.66. The van der Waals surface area contributed by atoms with Crippen molar-refractivity contribution in [1.29, 1.82) is 0 Å². The van der Waals surface area contributed by atoms with E-state index in [0.29, 0.717) is 24.6 Å². The van der Waals surface area contributed by atoms with Gasteiger partial charge in [-0.3, -0.25) is 9.79 Å². The normalized spacial score (nSPS) is 12.7. The van der Waals surface area contributed by atoms with E-state index in [1.165, 1.54) is 0 Å². The minimum Gasteiger partial charge on any atom is -0.378 e. The summed E-state index contributed by atoms with van der Waals surface area (Å²) >= 11 is 0. The number of benzene rings is 1. The smallest absolute Gasteiger partial charge is 0.251 e. The monoisotopic (exact) mass is 376 g/mol. The quantitative estimate of drug-likeness (QED) is 0.298. The van der Waals surface area contributed by atoms with Gasteiger partial charge < -0.3 is 20.7 Å². The summed E-state index contributed by atoms with van der Waals surface area (Å²) in [6.45, 7) is 12.1. The lowest BCUT2D eigenvalue weighted by Gasteiger charge is -2.21. The summed E-state index contributed by atoms with van der Waals surface area (Å²) in [5.41, 5.74) is 0.685. The summed E-state index contributed by atoms with van der Waals surface area (Å²) in [4.78, 5) is 16.5. The van der Waals surface area contributed by atoms with Gasteiger partial charge >= 0.3 is 0 Å². The molecule has 1 rings (SSSR count). The van der Waals surface area contributed by atoms with Crippen LogP contribution in [0.1, 0.15) is 50.9 Å². The Morgan fingerprint density at radius 3 is 2.44 bits per heavy atom. The van der Waals surface area contributed by atoms with Gasteiger partial charge in [0.1, 0.15) is 0 Å². The molecule has 152 valence electrons. The van der Waals surface area contributed by atoms with Gasteiger partial charge in [-0.2, -0.15) is 0 Å². The lowest BCUT2D eigenvalue weighted by molar-refractivity contribution is 0.0258. The lowest BCUT2D eigenvalue weighted by Crippen LogP contribution is -2.39. The number of aliphatic imine (C=N–C) groups is 1. The molecule has 0 aliphatic heterocycles. The van der Waals surface area contributed by atoms with Gasteiger partial charge in [0.05, 0.1) is 6.10 Å². The molecule has 1 aromatic rings. The molecule has 0 spiro atoms. The van der Waals surface area contributed by atoms with E-state index < -0.39 is 0 Å². The van der Waals surface area contributed by atoms with Crippen molar-refractivity contribution in [2.45, 2.75) is 46.6 Å². The van der Waals surface area contributed by atoms with Crippen molar-refractivity contribution in [2.24, 2.45) is 10.9 Å². The zero-order valence-electron chi connectivity index (χ0n) is 17.3. The van der Waals surface area contributed by atoms with Crippen molar-refractivity contribution in [3.8, 4) is 0 Å². The molecule has 0 aliphatic rings. The summed E-state index contributed by atoms with van der Waals surface area (Å²) in [6, 6.07) is 9.26. The van der Waals surface area contributed by atoms with E-state index in [4.69, 9.17) is 4.74 Å². The highest BCUT2D eigenvalue weighted by Crippen LogP contribution is 2.09. The van der Waals surface area contributed by atoms with E-state index in [1.54, 1.807) is 0 Å². The molecule has 0 radical (unpaired) electrons. The fourth-order valence-corrected chi connectivity index (χ4v) is 2.66. The molecule has 6 nitrogen and oxygen atoms in total. The van der Waals surface area contributed by atoms with Crippen molar-refractivity contribution >= 4 is 11.9 Å². The van der Waals surface area contributed by atoms with Gasteiger partial charge in [0.2, 0.25) is 0 Å². The van der Waals surface area contributed by atoms with E-state index in [2.05, 4.69) is 34.8 Å². The second-order valence-electron chi connectivity index (χ2n) is 6.69. The zero-order valence-corrected chi connectivity index (χ0v) is 17.3. The van der Waals surface area contributed by atoms with Crippen LogP contribution >= 0.6 is 0 Å². The van der Waals surface area contributed by atoms with Crippen LogP contribution in [0.2, 0.25) is 0 Å². The molecule has 0 aromatic heterocycles. The third-order valence-corrected chi connectivity index (χ3v) is 4.12. The molecule has 1 aromatic carbocycles. The topological polar surface area (TPSA) is 74.8 Å². The average Bonchev–Trinajstić information content (AvgIpc) is 2.67. The molecule has 1 atom stereocenters. The highest BCUT2D eigenvalue weighted by molar-refractivity contribution is 5.94. The fraction of sp³-hybridized carbons (Fsp3) is 0.619. The van der Waals surface area contributed by atoms with Gasteiger partial charge in [-0.25, -0.2) is 0 Å². The van der Waals surface area contributed by atoms with Gasteiger partial charge in [-0.15, -0.1) is 0 Å². The van der Waals surface area contributed by atoms with Gasteiger partial charge in [0.15, 0.2) is 5.96 Å². The summed E-state index contributed by atoms with van der Waals surface area (Å²) in [5, 5.41) is 9.54. The van der Waals surface area contributed by atoms with Crippen LogP contribution in [0.5, 0.6) is 0 Å². The third kappa shape index (κ3) is 9.99. The van der Waals surface area contributed by atoms with Crippen LogP contribution in [-0.2, 0) is 4.74 Å². The van der Waals surface area contributed by atoms with Gasteiger partial charge in [-0.1, -0.05) is 32.0 Å². The molecule has 0 heterocycles. The van der Waals surface area contributed by atoms with Crippen LogP contribution in [0.3, 0.4) is 0 Å². The maximum Gasteiger partial charge on any atom is 0.251 e. The van der Waals surface area contributed by atoms with E-state index in [1.807, 2.05) is 44.2 Å². The van der Waals surface area contributed by atoms with Crippen molar-refractivity contribution in [3.05, 3.63) is 35.9 Å². The number of carbonyl (C=O) groups is 1. The van der Waals surface area contributed by atoms with Gasteiger partial charge in [0, 0.05) is 38.3 Å². The van der Waals surface area contributed by atoms with E-state index >= 15 is 0 Å². The Hall–Kier alpha value is -2.08. The first-order valence-corrected chi connectivity index (χ1v) is 10.1. The molecule has 6 heteroatoms. The van der Waals surface area contributed by atoms with Crippen LogP contribution in [0.25, 0.3) is 0 Å². The molecule has 0 bridgehead atoms. The largest absolute Gasteiger partial charge is 0.378 e. The van der Waals surface area contributed by atoms with Crippen LogP contribution in [0.15, 0.2) is 35.3 Å². The SMILES string of the molecule is CCNC(=NCCCNC(=O)c1ccccc1)NCCC(OCC)C(C)C. The lowest BCUT2D eigenvalue weighted by atomic mass is 10.0. The van der Waals surface area contributed by atoms with Crippen LogP contribution in [-0.4, -0.2) is 50.8 Å². The Labute approximate surface area is 164 Å². The number of hydrogen-bond donors (Lipinski definition) is 3. The molecule has 3 N–H and O–H groups in total. The number of rotatable bonds is 12.